The topological polar surface area (TPSA) is 61.4 Å². The molecule has 18 heavy (non-hydrogen) atoms. The largest absolute Gasteiger partial charge is 0.318 e. The molecule has 0 aromatic carbocycles. The van der Waals surface area contributed by atoms with Crippen LogP contribution in [0.3, 0.4) is 0 Å². The van der Waals surface area contributed by atoms with E-state index in [1.54, 1.807) is 14.0 Å². The monoisotopic (exact) mass is 277 g/mol. The summed E-state index contributed by atoms with van der Waals surface area (Å²) in [5.74, 6) is 0.670. The highest BCUT2D eigenvalue weighted by atomic mass is 32.2. The Hall–Kier alpha value is -0.170. The van der Waals surface area contributed by atoms with Gasteiger partial charge in [-0.2, -0.15) is 0 Å². The maximum absolute atomic E-state index is 11.9. The molecule has 0 bridgehead atoms. The number of rotatable bonds is 7. The molecule has 1 atom stereocenters. The maximum atomic E-state index is 11.9. The predicted molar refractivity (Wildman–Crippen MR) is 75.1 cm³/mol. The lowest BCUT2D eigenvalue weighted by molar-refractivity contribution is 0.213. The highest BCUT2D eigenvalue weighted by molar-refractivity contribution is 7.90. The van der Waals surface area contributed by atoms with Crippen LogP contribution in [0.1, 0.15) is 26.2 Å². The molecule has 0 aromatic rings. The van der Waals surface area contributed by atoms with Crippen LogP contribution in [0.5, 0.6) is 0 Å². The standard InChI is InChI=1S/C12H27N3O2S/c1-11(10-13-2)18(16,17)14-7-4-12-5-8-15(3)9-6-12/h11-14H,4-10H2,1-3H3. The van der Waals surface area contributed by atoms with Crippen LogP contribution in [0.2, 0.25) is 0 Å². The van der Waals surface area contributed by atoms with Crippen LogP contribution in [-0.2, 0) is 10.0 Å². The smallest absolute Gasteiger partial charge is 0.215 e. The van der Waals surface area contributed by atoms with Gasteiger partial charge in [0.05, 0.1) is 5.25 Å². The van der Waals surface area contributed by atoms with E-state index in [9.17, 15) is 8.42 Å². The highest BCUT2D eigenvalue weighted by Crippen LogP contribution is 2.18. The number of nitrogens with zero attached hydrogens (tertiary/aromatic N) is 1. The van der Waals surface area contributed by atoms with E-state index in [-0.39, 0.29) is 5.25 Å². The Bertz CT molecular complexity index is 324. The zero-order valence-corrected chi connectivity index (χ0v) is 12.6. The Morgan fingerprint density at radius 1 is 1.33 bits per heavy atom. The molecule has 0 aromatic heterocycles. The lowest BCUT2D eigenvalue weighted by atomic mass is 9.94. The molecule has 1 heterocycles. The third-order valence-corrected chi connectivity index (χ3v) is 5.55. The van der Waals surface area contributed by atoms with Gasteiger partial charge in [-0.3, -0.25) is 0 Å². The van der Waals surface area contributed by atoms with Crippen LogP contribution in [0.25, 0.3) is 0 Å². The minimum absolute atomic E-state index is 0.375. The number of piperidine rings is 1. The second kappa shape index (κ2) is 7.43. The molecule has 5 nitrogen and oxygen atoms in total. The molecule has 0 aliphatic carbocycles. The minimum Gasteiger partial charge on any atom is -0.318 e. The SMILES string of the molecule is CNCC(C)S(=O)(=O)NCCC1CCN(C)CC1. The van der Waals surface area contributed by atoms with Gasteiger partial charge in [0.1, 0.15) is 0 Å². The second-order valence-electron chi connectivity index (χ2n) is 5.34. The van der Waals surface area contributed by atoms with Gasteiger partial charge in [-0.15, -0.1) is 0 Å². The third-order valence-electron chi connectivity index (χ3n) is 3.72. The van der Waals surface area contributed by atoms with Crippen molar-refractivity contribution < 1.29 is 8.42 Å². The Labute approximate surface area is 111 Å². The Balaban J connectivity index is 2.24. The molecular weight excluding hydrogens is 250 g/mol. The van der Waals surface area contributed by atoms with Crippen molar-refractivity contribution >= 4 is 10.0 Å². The van der Waals surface area contributed by atoms with E-state index >= 15 is 0 Å². The summed E-state index contributed by atoms with van der Waals surface area (Å²) in [6.07, 6.45) is 3.33. The van der Waals surface area contributed by atoms with Crippen LogP contribution >= 0.6 is 0 Å². The van der Waals surface area contributed by atoms with Gasteiger partial charge in [0.25, 0.3) is 0 Å². The van der Waals surface area contributed by atoms with E-state index in [2.05, 4.69) is 22.0 Å². The molecule has 0 spiro atoms. The van der Waals surface area contributed by atoms with Crippen molar-refractivity contribution in [3.05, 3.63) is 0 Å². The summed E-state index contributed by atoms with van der Waals surface area (Å²) in [5.41, 5.74) is 0. The van der Waals surface area contributed by atoms with Crippen molar-refractivity contribution in [3.8, 4) is 0 Å². The lowest BCUT2D eigenvalue weighted by Gasteiger charge is -2.29. The molecule has 1 aliphatic rings. The molecule has 1 saturated heterocycles. The summed E-state index contributed by atoms with van der Waals surface area (Å²) in [6, 6.07) is 0. The second-order valence-corrected chi connectivity index (χ2v) is 7.53. The van der Waals surface area contributed by atoms with E-state index in [0.29, 0.717) is 19.0 Å². The maximum Gasteiger partial charge on any atom is 0.215 e. The van der Waals surface area contributed by atoms with Gasteiger partial charge in [-0.1, -0.05) is 0 Å². The van der Waals surface area contributed by atoms with Crippen molar-refractivity contribution in [2.75, 3.05) is 40.3 Å². The fourth-order valence-corrected chi connectivity index (χ4v) is 3.37. The predicted octanol–water partition coefficient (Wildman–Crippen LogP) is 0.246. The van der Waals surface area contributed by atoms with E-state index < -0.39 is 10.0 Å². The molecule has 1 aliphatic heterocycles. The van der Waals surface area contributed by atoms with Crippen molar-refractivity contribution in [1.82, 2.24) is 14.9 Å². The summed E-state index contributed by atoms with van der Waals surface area (Å²) in [7, 11) is 0.749. The van der Waals surface area contributed by atoms with Crippen LogP contribution in [0.15, 0.2) is 0 Å². The van der Waals surface area contributed by atoms with Gasteiger partial charge in [0.2, 0.25) is 10.0 Å². The molecule has 1 unspecified atom stereocenters. The first-order valence-electron chi connectivity index (χ1n) is 6.77. The van der Waals surface area contributed by atoms with E-state index in [0.717, 1.165) is 19.5 Å². The van der Waals surface area contributed by atoms with Gasteiger partial charge in [-0.25, -0.2) is 13.1 Å². The van der Waals surface area contributed by atoms with Crippen molar-refractivity contribution in [1.29, 1.82) is 0 Å². The average molecular weight is 277 g/mol. The molecule has 0 saturated carbocycles. The first-order chi connectivity index (χ1) is 8.45. The van der Waals surface area contributed by atoms with Crippen LogP contribution in [0.4, 0.5) is 0 Å². The summed E-state index contributed by atoms with van der Waals surface area (Å²) in [5, 5.41) is 2.52. The Morgan fingerprint density at radius 3 is 2.50 bits per heavy atom. The van der Waals surface area contributed by atoms with Gasteiger partial charge < -0.3 is 10.2 Å². The Morgan fingerprint density at radius 2 is 1.94 bits per heavy atom. The minimum atomic E-state index is -3.16. The number of sulfonamides is 1. The summed E-state index contributed by atoms with van der Waals surface area (Å²) in [4.78, 5) is 2.33. The van der Waals surface area contributed by atoms with Gasteiger partial charge in [-0.05, 0) is 59.3 Å². The Kier molecular flexibility index (Phi) is 6.55. The molecule has 0 amide bonds. The fourth-order valence-electron chi connectivity index (χ4n) is 2.30. The molecule has 1 fully saturated rings. The molecule has 108 valence electrons. The van der Waals surface area contributed by atoms with E-state index in [1.165, 1.54) is 12.8 Å². The number of hydrogen-bond acceptors (Lipinski definition) is 4. The third kappa shape index (κ3) is 5.22. The number of nitrogens with one attached hydrogen (secondary N) is 2. The van der Waals surface area contributed by atoms with Gasteiger partial charge in [0.15, 0.2) is 0 Å². The lowest BCUT2D eigenvalue weighted by Crippen LogP contribution is -2.39. The first-order valence-corrected chi connectivity index (χ1v) is 8.32. The fraction of sp³-hybridized carbons (Fsp3) is 1.00. The number of hydrogen-bond donors (Lipinski definition) is 2. The van der Waals surface area contributed by atoms with Gasteiger partial charge in [0, 0.05) is 13.1 Å². The summed E-state index contributed by atoms with van der Waals surface area (Å²) in [6.45, 7) is 5.06. The van der Waals surface area contributed by atoms with Crippen LogP contribution < -0.4 is 10.0 Å². The molecule has 1 rings (SSSR count). The van der Waals surface area contributed by atoms with Gasteiger partial charge >= 0.3 is 0 Å². The van der Waals surface area contributed by atoms with Crippen molar-refractivity contribution in [3.63, 3.8) is 0 Å². The first kappa shape index (κ1) is 15.9. The van der Waals surface area contributed by atoms with E-state index in [1.807, 2.05) is 0 Å². The average Bonchev–Trinajstić information content (AvgIpc) is 2.32. The number of likely N-dealkylation sites (tertiary alicyclic amines) is 1. The quantitative estimate of drug-likeness (QED) is 0.700. The van der Waals surface area contributed by atoms with Crippen LogP contribution in [0, 0.1) is 5.92 Å². The van der Waals surface area contributed by atoms with Crippen molar-refractivity contribution in [2.24, 2.45) is 5.92 Å². The zero-order valence-electron chi connectivity index (χ0n) is 11.8. The van der Waals surface area contributed by atoms with Crippen LogP contribution in [-0.4, -0.2) is 58.8 Å². The van der Waals surface area contributed by atoms with Crippen molar-refractivity contribution in [2.45, 2.75) is 31.4 Å². The summed E-state index contributed by atoms with van der Waals surface area (Å²) < 4.78 is 26.4. The molecule has 6 heteroatoms. The molecular formula is C12H27N3O2S. The molecule has 0 radical (unpaired) electrons. The normalized spacial score (nSPS) is 21.1. The summed E-state index contributed by atoms with van der Waals surface area (Å²) >= 11 is 0. The zero-order chi connectivity index (χ0) is 13.6. The highest BCUT2D eigenvalue weighted by Gasteiger charge is 2.21. The molecule has 2 N–H and O–H groups in total. The van der Waals surface area contributed by atoms with E-state index in [4.69, 9.17) is 0 Å².